The van der Waals surface area contributed by atoms with Gasteiger partial charge in [0.1, 0.15) is 5.75 Å². The quantitative estimate of drug-likeness (QED) is 0.544. The Hall–Kier alpha value is -0.540. The van der Waals surface area contributed by atoms with E-state index in [1.165, 1.54) is 72.9 Å². The highest BCUT2D eigenvalue weighted by Crippen LogP contribution is 2.25. The minimum absolute atomic E-state index is 0. The van der Waals surface area contributed by atoms with Crippen molar-refractivity contribution in [2.45, 2.75) is 52.9 Å². The number of benzene rings is 1. The third-order valence-corrected chi connectivity index (χ3v) is 4.84. The average molecular weight is 370 g/mol. The second-order valence-electron chi connectivity index (χ2n) is 7.13. The molecule has 0 saturated carbocycles. The number of piperidine rings is 1. The van der Waals surface area contributed by atoms with Crippen LogP contribution in [-0.2, 0) is 0 Å². The first kappa shape index (κ1) is 19.5. The molecule has 1 saturated heterocycles. The number of aryl methyl sites for hydroxylation is 3. The van der Waals surface area contributed by atoms with Crippen LogP contribution in [0.2, 0.25) is 0 Å². The fourth-order valence-electron chi connectivity index (χ4n) is 3.66. The van der Waals surface area contributed by atoms with Gasteiger partial charge in [-0.1, -0.05) is 17.7 Å². The van der Waals surface area contributed by atoms with Crippen LogP contribution in [0, 0.1) is 20.8 Å². The molecule has 0 spiro atoms. The zero-order chi connectivity index (χ0) is 15.3. The summed E-state index contributed by atoms with van der Waals surface area (Å²) in [4.78, 5) is 0. The van der Waals surface area contributed by atoms with E-state index >= 15 is 0 Å². The maximum atomic E-state index is 6.04. The zero-order valence-electron chi connectivity index (χ0n) is 14.8. The van der Waals surface area contributed by atoms with Crippen molar-refractivity contribution >= 4 is 0 Å². The first-order chi connectivity index (χ1) is 10.0. The lowest BCUT2D eigenvalue weighted by atomic mass is 10.1. The monoisotopic (exact) mass is 369 g/mol. The van der Waals surface area contributed by atoms with Crippen LogP contribution < -0.4 is 21.7 Å². The van der Waals surface area contributed by atoms with Crippen molar-refractivity contribution in [1.29, 1.82) is 0 Å². The van der Waals surface area contributed by atoms with Gasteiger partial charge in [0.05, 0.1) is 33.3 Å². The molecule has 3 heteroatoms. The molecule has 0 unspecified atom stereocenters. The van der Waals surface area contributed by atoms with Crippen molar-refractivity contribution < 1.29 is 26.2 Å². The van der Waals surface area contributed by atoms with E-state index in [-0.39, 0.29) is 17.0 Å². The molecule has 22 heavy (non-hydrogen) atoms. The van der Waals surface area contributed by atoms with Gasteiger partial charge in [-0.3, -0.25) is 0 Å². The van der Waals surface area contributed by atoms with E-state index in [1.54, 1.807) is 0 Å². The summed E-state index contributed by atoms with van der Waals surface area (Å²) in [6.45, 7) is 11.4. The summed E-state index contributed by atoms with van der Waals surface area (Å²) in [5.74, 6) is 1.10. The van der Waals surface area contributed by atoms with Crippen LogP contribution in [0.3, 0.4) is 0 Å². The lowest BCUT2D eigenvalue weighted by Gasteiger charge is -2.37. The molecule has 0 N–H and O–H groups in total. The van der Waals surface area contributed by atoms with Gasteiger partial charge in [-0.15, -0.1) is 0 Å². The topological polar surface area (TPSA) is 9.23 Å². The Kier molecular flexibility index (Phi) is 7.92. The highest BCUT2D eigenvalue weighted by molar-refractivity contribution is 5.42. The maximum Gasteiger partial charge on any atom is 0.125 e. The van der Waals surface area contributed by atoms with E-state index in [1.807, 2.05) is 0 Å². The fraction of sp³-hybridized carbons (Fsp3) is 0.684. The molecule has 1 aromatic carbocycles. The standard InChI is InChI=1S/C19H32NO.BrH/c1-16-14-17(2)19(18(3)15-16)21-13-9-8-12-20(4)10-6-5-7-11-20;/h14-15H,5-13H2,1-4H3;1H/q+1;/p-1. The smallest absolute Gasteiger partial charge is 0.125 e. The Morgan fingerprint density at radius 3 is 2.14 bits per heavy atom. The number of likely N-dealkylation sites (tertiary alicyclic amines) is 1. The van der Waals surface area contributed by atoms with E-state index in [9.17, 15) is 0 Å². The SMILES string of the molecule is Cc1cc(C)c(OCCCC[N+]2(C)CCCCC2)c(C)c1.[Br-]. The van der Waals surface area contributed by atoms with Gasteiger partial charge < -0.3 is 26.2 Å². The molecule has 126 valence electrons. The summed E-state index contributed by atoms with van der Waals surface area (Å²) < 4.78 is 7.32. The van der Waals surface area contributed by atoms with Gasteiger partial charge in [0.15, 0.2) is 0 Å². The zero-order valence-corrected chi connectivity index (χ0v) is 16.3. The molecule has 0 amide bonds. The minimum atomic E-state index is 0. The second kappa shape index (κ2) is 8.93. The number of unbranched alkanes of at least 4 members (excludes halogenated alkanes) is 1. The summed E-state index contributed by atoms with van der Waals surface area (Å²) in [6.07, 6.45) is 6.70. The Morgan fingerprint density at radius 2 is 1.55 bits per heavy atom. The Labute approximate surface area is 147 Å². The molecule has 0 atom stereocenters. The molecule has 1 fully saturated rings. The number of hydrogen-bond acceptors (Lipinski definition) is 1. The van der Waals surface area contributed by atoms with Gasteiger partial charge in [0, 0.05) is 0 Å². The number of halogens is 1. The average Bonchev–Trinajstić information content (AvgIpc) is 2.41. The Bertz CT molecular complexity index is 443. The Balaban J connectivity index is 0.00000242. The molecular weight excluding hydrogens is 338 g/mol. The van der Waals surface area contributed by atoms with Crippen molar-refractivity contribution in [3.05, 3.63) is 28.8 Å². The summed E-state index contributed by atoms with van der Waals surface area (Å²) >= 11 is 0. The number of nitrogens with zero attached hydrogens (tertiary/aromatic N) is 1. The first-order valence-corrected chi connectivity index (χ1v) is 8.54. The van der Waals surface area contributed by atoms with Crippen molar-refractivity contribution in [3.63, 3.8) is 0 Å². The molecule has 0 bridgehead atoms. The van der Waals surface area contributed by atoms with Crippen LogP contribution in [0.15, 0.2) is 12.1 Å². The number of rotatable bonds is 6. The Morgan fingerprint density at radius 1 is 0.955 bits per heavy atom. The lowest BCUT2D eigenvalue weighted by molar-refractivity contribution is -0.914. The third kappa shape index (κ3) is 5.58. The molecule has 2 nitrogen and oxygen atoms in total. The first-order valence-electron chi connectivity index (χ1n) is 8.54. The molecule has 0 aromatic heterocycles. The normalized spacial score (nSPS) is 16.9. The van der Waals surface area contributed by atoms with Crippen LogP contribution in [-0.4, -0.2) is 37.8 Å². The van der Waals surface area contributed by atoms with E-state index in [4.69, 9.17) is 4.74 Å². The molecular formula is C19H32BrNO. The predicted molar refractivity (Wildman–Crippen MR) is 90.0 cm³/mol. The summed E-state index contributed by atoms with van der Waals surface area (Å²) in [7, 11) is 2.42. The fourth-order valence-corrected chi connectivity index (χ4v) is 3.66. The highest BCUT2D eigenvalue weighted by Gasteiger charge is 2.23. The van der Waals surface area contributed by atoms with Crippen LogP contribution in [0.4, 0.5) is 0 Å². The van der Waals surface area contributed by atoms with Crippen molar-refractivity contribution in [3.8, 4) is 5.75 Å². The van der Waals surface area contributed by atoms with Crippen molar-refractivity contribution in [2.75, 3.05) is 33.3 Å². The van der Waals surface area contributed by atoms with Gasteiger partial charge in [-0.25, -0.2) is 0 Å². The van der Waals surface area contributed by atoms with Crippen LogP contribution >= 0.6 is 0 Å². The number of quaternary nitrogens is 1. The largest absolute Gasteiger partial charge is 1.00 e. The van der Waals surface area contributed by atoms with Gasteiger partial charge in [0.25, 0.3) is 0 Å². The van der Waals surface area contributed by atoms with Gasteiger partial charge in [-0.2, -0.15) is 0 Å². The van der Waals surface area contributed by atoms with Crippen LogP contribution in [0.1, 0.15) is 48.8 Å². The number of hydrogen-bond donors (Lipinski definition) is 0. The summed E-state index contributed by atoms with van der Waals surface area (Å²) in [5, 5.41) is 0. The van der Waals surface area contributed by atoms with Crippen LogP contribution in [0.25, 0.3) is 0 Å². The summed E-state index contributed by atoms with van der Waals surface area (Å²) in [5.41, 5.74) is 3.85. The third-order valence-electron chi connectivity index (χ3n) is 4.84. The van der Waals surface area contributed by atoms with Gasteiger partial charge in [0.2, 0.25) is 0 Å². The molecule has 1 aromatic rings. The molecule has 1 aliphatic rings. The van der Waals surface area contributed by atoms with E-state index < -0.39 is 0 Å². The molecule has 2 rings (SSSR count). The van der Waals surface area contributed by atoms with E-state index in [0.29, 0.717) is 0 Å². The molecule has 0 radical (unpaired) electrons. The minimum Gasteiger partial charge on any atom is -1.00 e. The highest BCUT2D eigenvalue weighted by atomic mass is 79.9. The van der Waals surface area contributed by atoms with E-state index in [2.05, 4.69) is 40.0 Å². The molecule has 1 heterocycles. The van der Waals surface area contributed by atoms with Crippen molar-refractivity contribution in [2.24, 2.45) is 0 Å². The lowest BCUT2D eigenvalue weighted by Crippen LogP contribution is -3.00. The van der Waals surface area contributed by atoms with Gasteiger partial charge in [-0.05, 0) is 64.0 Å². The van der Waals surface area contributed by atoms with E-state index in [0.717, 1.165) is 12.4 Å². The van der Waals surface area contributed by atoms with Crippen LogP contribution in [0.5, 0.6) is 5.75 Å². The van der Waals surface area contributed by atoms with Crippen molar-refractivity contribution in [1.82, 2.24) is 0 Å². The molecule has 1 aliphatic heterocycles. The molecule has 0 aliphatic carbocycles. The summed E-state index contributed by atoms with van der Waals surface area (Å²) in [6, 6.07) is 4.42. The van der Waals surface area contributed by atoms with Gasteiger partial charge >= 0.3 is 0 Å². The predicted octanol–water partition coefficient (Wildman–Crippen LogP) is 1.41. The second-order valence-corrected chi connectivity index (χ2v) is 7.13. The maximum absolute atomic E-state index is 6.04. The number of ether oxygens (including phenoxy) is 1.